The highest BCUT2D eigenvalue weighted by Crippen LogP contribution is 2.28. The fraction of sp³-hybridized carbons (Fsp3) is 0.750. The van der Waals surface area contributed by atoms with Crippen molar-refractivity contribution in [1.29, 1.82) is 0 Å². The van der Waals surface area contributed by atoms with Gasteiger partial charge < -0.3 is 9.80 Å². The van der Waals surface area contributed by atoms with Crippen LogP contribution < -0.4 is 4.90 Å². The van der Waals surface area contributed by atoms with Crippen LogP contribution in [0.1, 0.15) is 24.4 Å². The molecule has 0 bridgehead atoms. The molecule has 2 rings (SSSR count). The second kappa shape index (κ2) is 6.07. The lowest BCUT2D eigenvalue weighted by Gasteiger charge is -2.33. The molecule has 1 aromatic rings. The van der Waals surface area contributed by atoms with Gasteiger partial charge >= 0.3 is 0 Å². The summed E-state index contributed by atoms with van der Waals surface area (Å²) >= 11 is 6.20. The van der Waals surface area contributed by atoms with Crippen molar-refractivity contribution in [2.75, 3.05) is 37.6 Å². The maximum absolute atomic E-state index is 4.75. The Labute approximate surface area is 113 Å². The maximum Gasteiger partial charge on any atom is 0.185 e. The summed E-state index contributed by atoms with van der Waals surface area (Å²) in [6.07, 6.45) is 1.02. The van der Waals surface area contributed by atoms with Crippen molar-refractivity contribution in [1.82, 2.24) is 9.88 Å². The molecule has 1 aliphatic rings. The molecule has 0 atom stereocenters. The van der Waals surface area contributed by atoms with Crippen molar-refractivity contribution in [3.63, 3.8) is 0 Å². The quantitative estimate of drug-likeness (QED) is 0.848. The zero-order valence-electron chi connectivity index (χ0n) is 10.6. The van der Waals surface area contributed by atoms with Gasteiger partial charge in [-0.15, -0.1) is 11.3 Å². The van der Waals surface area contributed by atoms with Crippen molar-refractivity contribution in [3.05, 3.63) is 10.6 Å². The van der Waals surface area contributed by atoms with Crippen LogP contribution in [0.4, 0.5) is 5.13 Å². The third kappa shape index (κ3) is 2.95. The lowest BCUT2D eigenvalue weighted by molar-refractivity contribution is 0.271. The number of hydrogen-bond donors (Lipinski definition) is 1. The van der Waals surface area contributed by atoms with E-state index in [0.29, 0.717) is 0 Å². The Balaban J connectivity index is 2.05. The molecule has 0 unspecified atom stereocenters. The molecule has 96 valence electrons. The van der Waals surface area contributed by atoms with Gasteiger partial charge in [-0.1, -0.05) is 13.8 Å². The first-order valence-corrected chi connectivity index (χ1v) is 7.80. The van der Waals surface area contributed by atoms with Crippen LogP contribution in [-0.2, 0) is 12.2 Å². The average molecular weight is 271 g/mol. The van der Waals surface area contributed by atoms with E-state index in [9.17, 15) is 0 Å². The Kier molecular flexibility index (Phi) is 4.70. The van der Waals surface area contributed by atoms with Crippen LogP contribution in [0.15, 0.2) is 0 Å². The minimum Gasteiger partial charge on any atom is -0.346 e. The monoisotopic (exact) mass is 271 g/mol. The van der Waals surface area contributed by atoms with Crippen molar-refractivity contribution >= 4 is 29.1 Å². The summed E-state index contributed by atoms with van der Waals surface area (Å²) in [4.78, 5) is 11.0. The van der Waals surface area contributed by atoms with Gasteiger partial charge in [-0.05, 0) is 13.0 Å². The van der Waals surface area contributed by atoms with E-state index >= 15 is 0 Å². The van der Waals surface area contributed by atoms with Crippen LogP contribution in [0.25, 0.3) is 0 Å². The predicted octanol–water partition coefficient (Wildman–Crippen LogP) is 2.28. The van der Waals surface area contributed by atoms with Crippen molar-refractivity contribution < 1.29 is 0 Å². The van der Waals surface area contributed by atoms with Crippen LogP contribution in [-0.4, -0.2) is 42.6 Å². The number of hydrogen-bond acceptors (Lipinski definition) is 5. The third-order valence-corrected chi connectivity index (χ3v) is 5.02. The van der Waals surface area contributed by atoms with Gasteiger partial charge in [0, 0.05) is 36.8 Å². The van der Waals surface area contributed by atoms with Gasteiger partial charge in [0.1, 0.15) is 0 Å². The molecule has 0 radical (unpaired) electrons. The number of aryl methyl sites for hydroxylation is 1. The minimum atomic E-state index is 0.815. The molecular formula is C12H21N3S2. The van der Waals surface area contributed by atoms with E-state index in [1.165, 1.54) is 15.7 Å². The topological polar surface area (TPSA) is 19.4 Å². The lowest BCUT2D eigenvalue weighted by Crippen LogP contribution is -2.46. The Morgan fingerprint density at radius 1 is 1.24 bits per heavy atom. The molecule has 1 aliphatic heterocycles. The lowest BCUT2D eigenvalue weighted by atomic mass is 10.3. The molecule has 0 saturated carbocycles. The molecule has 0 aromatic carbocycles. The fourth-order valence-corrected chi connectivity index (χ4v) is 3.60. The Morgan fingerprint density at radius 2 is 1.94 bits per heavy atom. The summed E-state index contributed by atoms with van der Waals surface area (Å²) < 4.78 is 0. The molecule has 1 saturated heterocycles. The molecule has 17 heavy (non-hydrogen) atoms. The predicted molar refractivity (Wildman–Crippen MR) is 78.5 cm³/mol. The Bertz CT molecular complexity index is 335. The van der Waals surface area contributed by atoms with Crippen molar-refractivity contribution in [2.45, 2.75) is 26.0 Å². The standard InChI is InChI=1S/C12H21N3S2/c1-3-10-11(9-16)17-12(13-10)15-7-5-14(4-2)6-8-15/h16H,3-9H2,1-2H3. The van der Waals surface area contributed by atoms with Gasteiger partial charge in [-0.2, -0.15) is 12.6 Å². The summed E-state index contributed by atoms with van der Waals surface area (Å²) in [5, 5.41) is 1.20. The average Bonchev–Trinajstić information content (AvgIpc) is 2.82. The number of nitrogens with zero attached hydrogens (tertiary/aromatic N) is 3. The van der Waals surface area contributed by atoms with E-state index in [1.54, 1.807) is 0 Å². The highest BCUT2D eigenvalue weighted by molar-refractivity contribution is 7.79. The fourth-order valence-electron chi connectivity index (χ4n) is 2.16. The normalized spacial score (nSPS) is 17.7. The minimum absolute atomic E-state index is 0.815. The zero-order chi connectivity index (χ0) is 12.3. The summed E-state index contributed by atoms with van der Waals surface area (Å²) in [5.74, 6) is 0.815. The maximum atomic E-state index is 4.75. The SMILES string of the molecule is CCc1nc(N2CCN(CC)CC2)sc1CS. The number of piperazine rings is 1. The number of thiol groups is 1. The second-order valence-corrected chi connectivity index (χ2v) is 5.68. The molecule has 1 aromatic heterocycles. The first kappa shape index (κ1) is 13.2. The van der Waals surface area contributed by atoms with Gasteiger partial charge in [-0.3, -0.25) is 0 Å². The van der Waals surface area contributed by atoms with Crippen LogP contribution in [0.5, 0.6) is 0 Å². The van der Waals surface area contributed by atoms with Gasteiger partial charge in [0.05, 0.1) is 5.69 Å². The van der Waals surface area contributed by atoms with Crippen molar-refractivity contribution in [2.24, 2.45) is 0 Å². The van der Waals surface area contributed by atoms with E-state index in [4.69, 9.17) is 4.98 Å². The molecule has 0 spiro atoms. The number of rotatable bonds is 4. The zero-order valence-corrected chi connectivity index (χ0v) is 12.4. The number of anilines is 1. The summed E-state index contributed by atoms with van der Waals surface area (Å²) in [6, 6.07) is 0. The van der Waals surface area contributed by atoms with Crippen LogP contribution >= 0.6 is 24.0 Å². The van der Waals surface area contributed by atoms with Gasteiger partial charge in [0.2, 0.25) is 0 Å². The van der Waals surface area contributed by atoms with Crippen molar-refractivity contribution in [3.8, 4) is 0 Å². The third-order valence-electron chi connectivity index (χ3n) is 3.34. The van der Waals surface area contributed by atoms with Crippen LogP contribution in [0.3, 0.4) is 0 Å². The van der Waals surface area contributed by atoms with Gasteiger partial charge in [0.25, 0.3) is 0 Å². The summed E-state index contributed by atoms with van der Waals surface area (Å²) in [6.45, 7) is 10.1. The van der Waals surface area contributed by atoms with E-state index in [1.807, 2.05) is 11.3 Å². The van der Waals surface area contributed by atoms with Gasteiger partial charge in [-0.25, -0.2) is 4.98 Å². The molecule has 0 aliphatic carbocycles. The molecule has 2 heterocycles. The summed E-state index contributed by atoms with van der Waals surface area (Å²) in [7, 11) is 0. The summed E-state index contributed by atoms with van der Waals surface area (Å²) in [5.41, 5.74) is 1.23. The molecular weight excluding hydrogens is 250 g/mol. The first-order chi connectivity index (χ1) is 8.28. The Hall–Kier alpha value is -0.260. The van der Waals surface area contributed by atoms with E-state index in [-0.39, 0.29) is 0 Å². The van der Waals surface area contributed by atoms with E-state index < -0.39 is 0 Å². The Morgan fingerprint density at radius 3 is 2.41 bits per heavy atom. The highest BCUT2D eigenvalue weighted by atomic mass is 32.1. The highest BCUT2D eigenvalue weighted by Gasteiger charge is 2.19. The molecule has 1 fully saturated rings. The number of thiazole rings is 1. The molecule has 3 nitrogen and oxygen atoms in total. The van der Waals surface area contributed by atoms with Gasteiger partial charge in [0.15, 0.2) is 5.13 Å². The molecule has 0 amide bonds. The number of aromatic nitrogens is 1. The molecule has 0 N–H and O–H groups in total. The van der Waals surface area contributed by atoms with E-state index in [2.05, 4.69) is 36.3 Å². The van der Waals surface area contributed by atoms with Crippen LogP contribution in [0.2, 0.25) is 0 Å². The van der Waals surface area contributed by atoms with E-state index in [0.717, 1.165) is 44.9 Å². The first-order valence-electron chi connectivity index (χ1n) is 6.35. The smallest absolute Gasteiger partial charge is 0.185 e. The molecule has 5 heteroatoms. The second-order valence-electron chi connectivity index (χ2n) is 4.30. The largest absolute Gasteiger partial charge is 0.346 e. The number of likely N-dealkylation sites (N-methyl/N-ethyl adjacent to an activating group) is 1. The van der Waals surface area contributed by atoms with Crippen LogP contribution in [0, 0.1) is 0 Å².